The second-order valence-electron chi connectivity index (χ2n) is 9.72. The molecule has 0 aliphatic heterocycles. The number of para-hydroxylation sites is 2. The Kier molecular flexibility index (Phi) is 4.22. The molecule has 2 aromatic heterocycles. The third kappa shape index (κ3) is 2.90. The van der Waals surface area contributed by atoms with Crippen molar-refractivity contribution in [2.45, 2.75) is 20.8 Å². The molecule has 7 aromatic rings. The summed E-state index contributed by atoms with van der Waals surface area (Å²) in [5.74, 6) is 0. The summed E-state index contributed by atoms with van der Waals surface area (Å²) in [7, 11) is 0. The molecule has 0 aliphatic carbocycles. The zero-order chi connectivity index (χ0) is 23.7. The minimum atomic E-state index is 1.19. The van der Waals surface area contributed by atoms with Crippen LogP contribution in [-0.2, 0) is 0 Å². The monoisotopic (exact) mass is 450 g/mol. The lowest BCUT2D eigenvalue weighted by atomic mass is 10.1. The summed E-state index contributed by atoms with van der Waals surface area (Å²) < 4.78 is 4.83. The zero-order valence-electron chi connectivity index (χ0n) is 20.2. The van der Waals surface area contributed by atoms with E-state index in [0.717, 1.165) is 0 Å². The van der Waals surface area contributed by atoms with Crippen LogP contribution in [0.25, 0.3) is 55.0 Å². The first-order chi connectivity index (χ1) is 17.1. The van der Waals surface area contributed by atoms with Crippen LogP contribution in [0.5, 0.6) is 0 Å². The Hall–Kier alpha value is -4.30. The van der Waals surface area contributed by atoms with Crippen molar-refractivity contribution in [2.75, 3.05) is 0 Å². The maximum Gasteiger partial charge on any atom is 0.0542 e. The van der Waals surface area contributed by atoms with Gasteiger partial charge in [0.15, 0.2) is 0 Å². The van der Waals surface area contributed by atoms with E-state index in [1.165, 1.54) is 71.7 Å². The molecule has 0 bridgehead atoms. The van der Waals surface area contributed by atoms with Gasteiger partial charge in [0.25, 0.3) is 0 Å². The van der Waals surface area contributed by atoms with Crippen LogP contribution >= 0.6 is 0 Å². The van der Waals surface area contributed by atoms with E-state index in [2.05, 4.69) is 133 Å². The van der Waals surface area contributed by atoms with Crippen molar-refractivity contribution in [3.05, 3.63) is 120 Å². The van der Waals surface area contributed by atoms with Crippen molar-refractivity contribution in [1.82, 2.24) is 9.13 Å². The SMILES string of the molecule is Cc1ccc(C)c(-n2c3ccccc3c3cc(-n4c5ccccc5c5cc(C)ccc54)ccc32)c1. The van der Waals surface area contributed by atoms with Crippen LogP contribution in [0.2, 0.25) is 0 Å². The summed E-state index contributed by atoms with van der Waals surface area (Å²) >= 11 is 0. The smallest absolute Gasteiger partial charge is 0.0542 e. The molecule has 0 N–H and O–H groups in total. The quantitative estimate of drug-likeness (QED) is 0.249. The van der Waals surface area contributed by atoms with Gasteiger partial charge >= 0.3 is 0 Å². The standard InChI is InChI=1S/C33H26N2/c1-21-13-16-31-27(18-21)25-8-4-6-10-29(25)34(31)24-15-17-32-28(20-24)26-9-5-7-11-30(26)35(32)33-19-22(2)12-14-23(33)3/h4-20H,1-3H3. The first kappa shape index (κ1) is 20.1. The number of hydrogen-bond acceptors (Lipinski definition) is 0. The molecule has 168 valence electrons. The van der Waals surface area contributed by atoms with E-state index in [1.807, 2.05) is 0 Å². The third-order valence-corrected chi connectivity index (χ3v) is 7.35. The fraction of sp³-hybridized carbons (Fsp3) is 0.0909. The molecule has 7 rings (SSSR count). The van der Waals surface area contributed by atoms with Crippen LogP contribution in [0.4, 0.5) is 0 Å². The molecule has 0 spiro atoms. The third-order valence-electron chi connectivity index (χ3n) is 7.35. The number of nitrogens with zero attached hydrogens (tertiary/aromatic N) is 2. The molecule has 0 amide bonds. The van der Waals surface area contributed by atoms with Gasteiger partial charge in [-0.3, -0.25) is 0 Å². The first-order valence-electron chi connectivity index (χ1n) is 12.2. The summed E-state index contributed by atoms with van der Waals surface area (Å²) in [5.41, 5.74) is 11.2. The van der Waals surface area contributed by atoms with Crippen LogP contribution in [0.1, 0.15) is 16.7 Å². The summed E-state index contributed by atoms with van der Waals surface area (Å²) in [4.78, 5) is 0. The molecule has 2 heteroatoms. The van der Waals surface area contributed by atoms with Crippen molar-refractivity contribution in [2.24, 2.45) is 0 Å². The number of aryl methyl sites for hydroxylation is 3. The Labute approximate surface area is 204 Å². The van der Waals surface area contributed by atoms with E-state index in [9.17, 15) is 0 Å². The molecule has 2 heterocycles. The van der Waals surface area contributed by atoms with Crippen molar-refractivity contribution < 1.29 is 0 Å². The molecule has 0 saturated heterocycles. The number of benzene rings is 5. The lowest BCUT2D eigenvalue weighted by Crippen LogP contribution is -1.98. The largest absolute Gasteiger partial charge is 0.309 e. The van der Waals surface area contributed by atoms with E-state index in [-0.39, 0.29) is 0 Å². The first-order valence-corrected chi connectivity index (χ1v) is 12.2. The predicted molar refractivity (Wildman–Crippen MR) is 149 cm³/mol. The molecule has 35 heavy (non-hydrogen) atoms. The molecule has 0 atom stereocenters. The van der Waals surface area contributed by atoms with Crippen LogP contribution in [0.15, 0.2) is 103 Å². The van der Waals surface area contributed by atoms with E-state index < -0.39 is 0 Å². The van der Waals surface area contributed by atoms with Gasteiger partial charge in [0, 0.05) is 32.9 Å². The fourth-order valence-electron chi connectivity index (χ4n) is 5.68. The number of hydrogen-bond donors (Lipinski definition) is 0. The van der Waals surface area contributed by atoms with Crippen LogP contribution < -0.4 is 0 Å². The van der Waals surface area contributed by atoms with Crippen molar-refractivity contribution in [1.29, 1.82) is 0 Å². The van der Waals surface area contributed by atoms with E-state index in [1.54, 1.807) is 0 Å². The topological polar surface area (TPSA) is 9.86 Å². The molecule has 0 unspecified atom stereocenters. The van der Waals surface area contributed by atoms with Crippen LogP contribution in [0.3, 0.4) is 0 Å². The van der Waals surface area contributed by atoms with Crippen LogP contribution in [-0.4, -0.2) is 9.13 Å². The van der Waals surface area contributed by atoms with Gasteiger partial charge in [0.05, 0.1) is 22.1 Å². The van der Waals surface area contributed by atoms with Crippen molar-refractivity contribution in [3.8, 4) is 11.4 Å². The highest BCUT2D eigenvalue weighted by molar-refractivity contribution is 6.12. The van der Waals surface area contributed by atoms with Gasteiger partial charge < -0.3 is 9.13 Å². The van der Waals surface area contributed by atoms with E-state index in [4.69, 9.17) is 0 Å². The van der Waals surface area contributed by atoms with Gasteiger partial charge in [-0.05, 0) is 80.4 Å². The maximum atomic E-state index is 2.42. The second-order valence-corrected chi connectivity index (χ2v) is 9.72. The van der Waals surface area contributed by atoms with Gasteiger partial charge in [-0.1, -0.05) is 60.2 Å². The minimum Gasteiger partial charge on any atom is -0.309 e. The summed E-state index contributed by atoms with van der Waals surface area (Å²) in [6.45, 7) is 6.53. The Morgan fingerprint density at radius 1 is 0.429 bits per heavy atom. The molecular formula is C33H26N2. The van der Waals surface area contributed by atoms with Gasteiger partial charge in [-0.2, -0.15) is 0 Å². The lowest BCUT2D eigenvalue weighted by molar-refractivity contribution is 1.14. The highest BCUT2D eigenvalue weighted by Crippen LogP contribution is 2.37. The number of fused-ring (bicyclic) bond motifs is 6. The van der Waals surface area contributed by atoms with Gasteiger partial charge in [-0.25, -0.2) is 0 Å². The summed E-state index contributed by atoms with van der Waals surface area (Å²) in [6, 6.07) is 37.9. The van der Waals surface area contributed by atoms with E-state index >= 15 is 0 Å². The number of rotatable bonds is 2. The predicted octanol–water partition coefficient (Wildman–Crippen LogP) is 8.81. The Balaban J connectivity index is 1.58. The fourth-order valence-corrected chi connectivity index (χ4v) is 5.68. The van der Waals surface area contributed by atoms with Crippen LogP contribution in [0, 0.1) is 20.8 Å². The zero-order valence-corrected chi connectivity index (χ0v) is 20.2. The lowest BCUT2D eigenvalue weighted by Gasteiger charge is -2.13. The summed E-state index contributed by atoms with van der Waals surface area (Å²) in [6.07, 6.45) is 0. The molecular weight excluding hydrogens is 424 g/mol. The second kappa shape index (κ2) is 7.35. The minimum absolute atomic E-state index is 1.19. The van der Waals surface area contributed by atoms with Crippen molar-refractivity contribution >= 4 is 43.6 Å². The maximum absolute atomic E-state index is 2.42. The average Bonchev–Trinajstić information content (AvgIpc) is 3.38. The molecule has 2 nitrogen and oxygen atoms in total. The molecule has 5 aromatic carbocycles. The van der Waals surface area contributed by atoms with Gasteiger partial charge in [-0.15, -0.1) is 0 Å². The normalized spacial score (nSPS) is 11.9. The molecule has 0 saturated carbocycles. The molecule has 0 fully saturated rings. The van der Waals surface area contributed by atoms with Crippen molar-refractivity contribution in [3.63, 3.8) is 0 Å². The van der Waals surface area contributed by atoms with Gasteiger partial charge in [0.2, 0.25) is 0 Å². The molecule has 0 radical (unpaired) electrons. The number of aromatic nitrogens is 2. The Bertz CT molecular complexity index is 1930. The van der Waals surface area contributed by atoms with E-state index in [0.29, 0.717) is 0 Å². The molecule has 0 aliphatic rings. The Morgan fingerprint density at radius 2 is 0.971 bits per heavy atom. The average molecular weight is 451 g/mol. The van der Waals surface area contributed by atoms with Gasteiger partial charge in [0.1, 0.15) is 0 Å². The highest BCUT2D eigenvalue weighted by Gasteiger charge is 2.17. The summed E-state index contributed by atoms with van der Waals surface area (Å²) in [5, 5.41) is 5.15. The highest BCUT2D eigenvalue weighted by atomic mass is 15.0. The Morgan fingerprint density at radius 3 is 1.74 bits per heavy atom.